The third kappa shape index (κ3) is 6.49. The number of para-hydroxylation sites is 1. The number of nitrogens with one attached hydrogen (secondary N) is 1. The number of nitrogens with zero attached hydrogens (tertiary/aromatic N) is 3. The predicted molar refractivity (Wildman–Crippen MR) is 157 cm³/mol. The van der Waals surface area contributed by atoms with Crippen molar-refractivity contribution in [3.63, 3.8) is 0 Å². The van der Waals surface area contributed by atoms with Crippen LogP contribution in [-0.2, 0) is 20.0 Å². The highest BCUT2D eigenvalue weighted by Gasteiger charge is 2.37. The number of ether oxygens (including phenoxy) is 2. The molecule has 4 rings (SSSR count). The lowest BCUT2D eigenvalue weighted by atomic mass is 9.99. The molecule has 2 N–H and O–H groups in total. The number of carbonyl (C=O) groups excluding carboxylic acids is 1. The van der Waals surface area contributed by atoms with Gasteiger partial charge < -0.3 is 24.0 Å². The molecule has 15 heteroatoms. The second-order valence-corrected chi connectivity index (χ2v) is 14.2. The molecule has 43 heavy (non-hydrogen) atoms. The molecule has 3 atom stereocenters. The van der Waals surface area contributed by atoms with Gasteiger partial charge in [0.15, 0.2) is 11.5 Å². The SMILES string of the molecule is COc1ccc(S(=O)(=O)Nc2cccc3c2O[C@@H](CN(C)S(=O)(=O)c2c(C)noc2C)[C@H](C)CN([C@@H](C)CO)C3=O)cc1. The summed E-state index contributed by atoms with van der Waals surface area (Å²) in [4.78, 5) is 15.1. The second-order valence-electron chi connectivity index (χ2n) is 10.5. The van der Waals surface area contributed by atoms with E-state index >= 15 is 0 Å². The van der Waals surface area contributed by atoms with Gasteiger partial charge in [-0.1, -0.05) is 18.1 Å². The highest BCUT2D eigenvalue weighted by atomic mass is 32.2. The van der Waals surface area contributed by atoms with Crippen molar-refractivity contribution < 1.29 is 40.7 Å². The fourth-order valence-corrected chi connectivity index (χ4v) is 7.38. The Morgan fingerprint density at radius 2 is 1.84 bits per heavy atom. The molecule has 0 spiro atoms. The molecule has 2 aromatic carbocycles. The maximum atomic E-state index is 13.7. The van der Waals surface area contributed by atoms with Crippen LogP contribution in [0.2, 0.25) is 0 Å². The van der Waals surface area contributed by atoms with Gasteiger partial charge >= 0.3 is 0 Å². The lowest BCUT2D eigenvalue weighted by Crippen LogP contribution is -2.50. The zero-order valence-corrected chi connectivity index (χ0v) is 26.4. The predicted octanol–water partition coefficient (Wildman–Crippen LogP) is 2.64. The van der Waals surface area contributed by atoms with Crippen LogP contribution in [0.15, 0.2) is 56.8 Å². The quantitative estimate of drug-likeness (QED) is 0.337. The van der Waals surface area contributed by atoms with Crippen LogP contribution in [0.1, 0.15) is 35.7 Å². The minimum absolute atomic E-state index is 0.00592. The van der Waals surface area contributed by atoms with E-state index in [1.807, 2.05) is 0 Å². The van der Waals surface area contributed by atoms with Crippen molar-refractivity contribution in [2.75, 3.05) is 38.6 Å². The molecule has 2 heterocycles. The van der Waals surface area contributed by atoms with Crippen LogP contribution in [-0.4, -0.2) is 88.2 Å². The first kappa shape index (κ1) is 32.3. The van der Waals surface area contributed by atoms with E-state index in [4.69, 9.17) is 14.0 Å². The molecular formula is C28H36N4O9S2. The number of hydrogen-bond acceptors (Lipinski definition) is 10. The zero-order chi connectivity index (χ0) is 31.7. The van der Waals surface area contributed by atoms with Crippen molar-refractivity contribution in [1.82, 2.24) is 14.4 Å². The van der Waals surface area contributed by atoms with Crippen molar-refractivity contribution in [2.45, 2.75) is 49.6 Å². The highest BCUT2D eigenvalue weighted by molar-refractivity contribution is 7.92. The molecule has 0 bridgehead atoms. The Hall–Kier alpha value is -3.66. The fraction of sp³-hybridized carbons (Fsp3) is 0.429. The smallest absolute Gasteiger partial charge is 0.262 e. The number of methoxy groups -OCH3 is 1. The number of aliphatic hydroxyl groups is 1. The molecule has 13 nitrogen and oxygen atoms in total. The van der Waals surface area contributed by atoms with E-state index in [9.17, 15) is 26.7 Å². The number of carbonyl (C=O) groups is 1. The minimum Gasteiger partial charge on any atom is -0.497 e. The van der Waals surface area contributed by atoms with Crippen LogP contribution >= 0.6 is 0 Å². The number of amides is 1. The molecular weight excluding hydrogens is 600 g/mol. The normalized spacial score (nSPS) is 18.4. The number of aryl methyl sites for hydroxylation is 2. The van der Waals surface area contributed by atoms with Gasteiger partial charge in [0, 0.05) is 19.5 Å². The van der Waals surface area contributed by atoms with Crippen molar-refractivity contribution in [3.8, 4) is 11.5 Å². The summed E-state index contributed by atoms with van der Waals surface area (Å²) in [6.45, 7) is 6.19. The number of aromatic nitrogens is 1. The Kier molecular flexibility index (Phi) is 9.39. The average Bonchev–Trinajstić information content (AvgIpc) is 3.32. The number of rotatable bonds is 10. The van der Waals surface area contributed by atoms with Crippen LogP contribution in [0.3, 0.4) is 0 Å². The summed E-state index contributed by atoms with van der Waals surface area (Å²) in [5.74, 6) is -0.350. The van der Waals surface area contributed by atoms with E-state index in [1.165, 1.54) is 75.4 Å². The van der Waals surface area contributed by atoms with Crippen molar-refractivity contribution in [1.29, 1.82) is 0 Å². The Labute approximate surface area is 251 Å². The van der Waals surface area contributed by atoms with Crippen LogP contribution in [0, 0.1) is 19.8 Å². The fourth-order valence-electron chi connectivity index (χ4n) is 4.85. The summed E-state index contributed by atoms with van der Waals surface area (Å²) in [6.07, 6.45) is -0.841. The Bertz CT molecular complexity index is 1670. The van der Waals surface area contributed by atoms with Gasteiger partial charge in [0.1, 0.15) is 22.4 Å². The van der Waals surface area contributed by atoms with Gasteiger partial charge in [-0.05, 0) is 57.2 Å². The van der Waals surface area contributed by atoms with Gasteiger partial charge in [-0.15, -0.1) is 0 Å². The van der Waals surface area contributed by atoms with Gasteiger partial charge in [-0.3, -0.25) is 9.52 Å². The van der Waals surface area contributed by atoms with Crippen LogP contribution in [0.5, 0.6) is 11.5 Å². The van der Waals surface area contributed by atoms with E-state index in [-0.39, 0.29) is 57.9 Å². The molecule has 1 aliphatic heterocycles. The maximum absolute atomic E-state index is 13.7. The summed E-state index contributed by atoms with van der Waals surface area (Å²) in [5.41, 5.74) is 0.266. The molecule has 0 saturated heterocycles. The van der Waals surface area contributed by atoms with Crippen LogP contribution in [0.25, 0.3) is 0 Å². The first-order valence-electron chi connectivity index (χ1n) is 13.5. The number of aliphatic hydroxyl groups excluding tert-OH is 1. The molecule has 1 aliphatic rings. The van der Waals surface area contributed by atoms with Crippen LogP contribution in [0.4, 0.5) is 5.69 Å². The number of anilines is 1. The Morgan fingerprint density at radius 1 is 1.16 bits per heavy atom. The largest absolute Gasteiger partial charge is 0.497 e. The Morgan fingerprint density at radius 3 is 2.42 bits per heavy atom. The van der Waals surface area contributed by atoms with Crippen molar-refractivity contribution in [3.05, 3.63) is 59.5 Å². The lowest BCUT2D eigenvalue weighted by molar-refractivity contribution is 0.0389. The molecule has 234 valence electrons. The molecule has 1 aromatic heterocycles. The molecule has 1 amide bonds. The first-order valence-corrected chi connectivity index (χ1v) is 16.4. The number of hydrogen-bond donors (Lipinski definition) is 2. The number of fused-ring (bicyclic) bond motifs is 1. The topological polar surface area (TPSA) is 169 Å². The summed E-state index contributed by atoms with van der Waals surface area (Å²) >= 11 is 0. The number of benzene rings is 2. The highest BCUT2D eigenvalue weighted by Crippen LogP contribution is 2.36. The van der Waals surface area contributed by atoms with E-state index in [1.54, 1.807) is 13.8 Å². The number of likely N-dealkylation sites (N-methyl/N-ethyl adjacent to an activating group) is 1. The average molecular weight is 637 g/mol. The molecule has 0 saturated carbocycles. The third-order valence-electron chi connectivity index (χ3n) is 7.38. The van der Waals surface area contributed by atoms with E-state index in [0.717, 1.165) is 4.31 Å². The lowest BCUT2D eigenvalue weighted by Gasteiger charge is -2.38. The summed E-state index contributed by atoms with van der Waals surface area (Å²) in [5, 5.41) is 13.7. The van der Waals surface area contributed by atoms with Gasteiger partial charge in [0.25, 0.3) is 15.9 Å². The van der Waals surface area contributed by atoms with Crippen molar-refractivity contribution >= 4 is 31.6 Å². The second kappa shape index (κ2) is 12.5. The van der Waals surface area contributed by atoms with E-state index in [2.05, 4.69) is 9.88 Å². The van der Waals surface area contributed by atoms with Crippen LogP contribution < -0.4 is 14.2 Å². The summed E-state index contributed by atoms with van der Waals surface area (Å²) in [7, 11) is -5.32. The Balaban J connectivity index is 1.77. The molecule has 0 aliphatic carbocycles. The first-order chi connectivity index (χ1) is 20.2. The van der Waals surface area contributed by atoms with E-state index in [0.29, 0.717) is 5.75 Å². The van der Waals surface area contributed by atoms with Gasteiger partial charge in [-0.25, -0.2) is 16.8 Å². The molecule has 0 fully saturated rings. The van der Waals surface area contributed by atoms with E-state index < -0.39 is 44.0 Å². The monoisotopic (exact) mass is 636 g/mol. The molecule has 0 radical (unpaired) electrons. The maximum Gasteiger partial charge on any atom is 0.262 e. The third-order valence-corrected chi connectivity index (χ3v) is 10.8. The van der Waals surface area contributed by atoms with Gasteiger partial charge in [-0.2, -0.15) is 4.31 Å². The zero-order valence-electron chi connectivity index (χ0n) is 24.8. The van der Waals surface area contributed by atoms with Gasteiger partial charge in [0.2, 0.25) is 10.0 Å². The number of sulfonamides is 2. The minimum atomic E-state index is -4.14. The summed E-state index contributed by atoms with van der Waals surface area (Å²) < 4.78 is 73.9. The standard InChI is InChI=1S/C28H36N4O9S2/c1-17-14-32(18(2)16-33)28(34)23-8-7-9-24(30-42(35,36)22-12-10-21(39-6)11-13-22)26(23)40-25(17)15-31(5)43(37,38)27-19(3)29-41-20(27)4/h7-13,17-18,25,30,33H,14-16H2,1-6H3/t17-,18+,25+/m1/s1. The molecule has 3 aromatic rings. The van der Waals surface area contributed by atoms with Crippen molar-refractivity contribution in [2.24, 2.45) is 5.92 Å². The summed E-state index contributed by atoms with van der Waals surface area (Å²) in [6, 6.07) is 9.66. The van der Waals surface area contributed by atoms with Gasteiger partial charge in [0.05, 0.1) is 42.4 Å². The molecule has 0 unspecified atom stereocenters.